The van der Waals surface area contributed by atoms with Crippen LogP contribution >= 0.6 is 0 Å². The lowest BCUT2D eigenvalue weighted by Gasteiger charge is -2.42. The summed E-state index contributed by atoms with van der Waals surface area (Å²) in [5.74, 6) is -2.62. The van der Waals surface area contributed by atoms with E-state index in [-0.39, 0.29) is 35.4 Å². The average molecular weight is 392 g/mol. The second-order valence-electron chi connectivity index (χ2n) is 6.97. The second-order valence-corrected chi connectivity index (χ2v) is 8.90. The smallest absolute Gasteiger partial charge is 0.338 e. The largest absolute Gasteiger partial charge is 0.478 e. The van der Waals surface area contributed by atoms with E-state index in [1.165, 1.54) is 10.4 Å². The van der Waals surface area contributed by atoms with Crippen LogP contribution in [0, 0.1) is 11.7 Å². The summed E-state index contributed by atoms with van der Waals surface area (Å²) in [6, 6.07) is 7.79. The van der Waals surface area contributed by atoms with E-state index in [0.29, 0.717) is 6.54 Å². The van der Waals surface area contributed by atoms with Gasteiger partial charge in [-0.15, -0.1) is 0 Å². The summed E-state index contributed by atoms with van der Waals surface area (Å²) in [5, 5.41) is 9.05. The van der Waals surface area contributed by atoms with Crippen LogP contribution in [0.25, 0.3) is 0 Å². The maximum absolute atomic E-state index is 13.6. The quantitative estimate of drug-likeness (QED) is 0.854. The van der Waals surface area contributed by atoms with Crippen LogP contribution in [0.4, 0.5) is 4.39 Å². The van der Waals surface area contributed by atoms with Crippen molar-refractivity contribution < 1.29 is 22.7 Å². The molecule has 1 N–H and O–H groups in total. The van der Waals surface area contributed by atoms with E-state index in [1.807, 2.05) is 6.07 Å². The van der Waals surface area contributed by atoms with Crippen molar-refractivity contribution in [2.24, 2.45) is 5.92 Å². The van der Waals surface area contributed by atoms with Crippen LogP contribution < -0.4 is 5.56 Å². The van der Waals surface area contributed by atoms with Gasteiger partial charge in [-0.2, -0.15) is 4.31 Å². The fourth-order valence-electron chi connectivity index (χ4n) is 4.03. The molecule has 2 aromatic rings. The third-order valence-electron chi connectivity index (χ3n) is 5.25. The van der Waals surface area contributed by atoms with Crippen LogP contribution in [-0.4, -0.2) is 41.5 Å². The van der Waals surface area contributed by atoms with Gasteiger partial charge in [0.1, 0.15) is 5.82 Å². The minimum atomic E-state index is -3.97. The molecule has 0 aliphatic carbocycles. The molecule has 3 heterocycles. The van der Waals surface area contributed by atoms with Crippen LogP contribution in [0.1, 0.15) is 28.4 Å². The number of rotatable bonds is 3. The van der Waals surface area contributed by atoms with Gasteiger partial charge in [0.25, 0.3) is 5.56 Å². The van der Waals surface area contributed by atoms with E-state index in [4.69, 9.17) is 5.11 Å². The number of aromatic nitrogens is 1. The Kier molecular flexibility index (Phi) is 4.15. The monoisotopic (exact) mass is 392 g/mol. The summed E-state index contributed by atoms with van der Waals surface area (Å²) in [7, 11) is -3.97. The molecule has 2 atom stereocenters. The molecule has 0 saturated carbocycles. The molecule has 7 nitrogen and oxygen atoms in total. The number of nitrogens with zero attached hydrogens (tertiary/aromatic N) is 2. The van der Waals surface area contributed by atoms with Crippen LogP contribution in [0.15, 0.2) is 46.1 Å². The number of sulfonamides is 1. The highest BCUT2D eigenvalue weighted by Crippen LogP contribution is 2.37. The van der Waals surface area contributed by atoms with Crippen molar-refractivity contribution in [3.05, 3.63) is 63.8 Å². The first-order chi connectivity index (χ1) is 12.8. The maximum Gasteiger partial charge on any atom is 0.338 e. The molecule has 4 rings (SSSR count). The maximum atomic E-state index is 13.6. The Labute approximate surface area is 154 Å². The van der Waals surface area contributed by atoms with Gasteiger partial charge in [-0.3, -0.25) is 4.79 Å². The molecule has 1 saturated heterocycles. The summed E-state index contributed by atoms with van der Waals surface area (Å²) >= 11 is 0. The van der Waals surface area contributed by atoms with Gasteiger partial charge < -0.3 is 9.67 Å². The normalized spacial score (nSPS) is 22.3. The minimum Gasteiger partial charge on any atom is -0.478 e. The van der Waals surface area contributed by atoms with E-state index in [1.54, 1.807) is 10.6 Å². The molecular weight excluding hydrogens is 375 g/mol. The second kappa shape index (κ2) is 6.28. The van der Waals surface area contributed by atoms with E-state index < -0.39 is 27.4 Å². The Morgan fingerprint density at radius 2 is 1.93 bits per heavy atom. The predicted molar refractivity (Wildman–Crippen MR) is 93.7 cm³/mol. The van der Waals surface area contributed by atoms with E-state index in [0.717, 1.165) is 30.3 Å². The molecule has 0 unspecified atom stereocenters. The molecule has 2 aliphatic heterocycles. The van der Waals surface area contributed by atoms with Crippen molar-refractivity contribution in [3.63, 3.8) is 0 Å². The number of carbonyl (C=O) groups is 1. The van der Waals surface area contributed by atoms with Crippen LogP contribution in [0.2, 0.25) is 0 Å². The van der Waals surface area contributed by atoms with Gasteiger partial charge in [0.2, 0.25) is 10.0 Å². The van der Waals surface area contributed by atoms with E-state index in [9.17, 15) is 22.4 Å². The third kappa shape index (κ3) is 2.96. The first-order valence-electron chi connectivity index (χ1n) is 8.50. The minimum absolute atomic E-state index is 0.00878. The number of fused-ring (bicyclic) bond motifs is 4. The molecule has 27 heavy (non-hydrogen) atoms. The van der Waals surface area contributed by atoms with Crippen molar-refractivity contribution in [1.82, 2.24) is 8.87 Å². The fourth-order valence-corrected chi connectivity index (χ4v) is 5.61. The SMILES string of the molecule is O=C(O)c1cc(S(=O)(=O)N2C[C@H]3C[C@@H](C2)c2cccc(=O)n2C3)ccc1F. The van der Waals surface area contributed by atoms with Crippen molar-refractivity contribution in [1.29, 1.82) is 0 Å². The van der Waals surface area contributed by atoms with Gasteiger partial charge in [0, 0.05) is 37.3 Å². The molecule has 0 amide bonds. The first-order valence-corrected chi connectivity index (χ1v) is 9.94. The van der Waals surface area contributed by atoms with E-state index in [2.05, 4.69) is 0 Å². The summed E-state index contributed by atoms with van der Waals surface area (Å²) in [5.41, 5.74) is 0.0392. The number of carboxylic acid groups (broad SMARTS) is 1. The molecule has 1 fully saturated rings. The van der Waals surface area contributed by atoms with Crippen molar-refractivity contribution in [3.8, 4) is 0 Å². The molecule has 0 spiro atoms. The number of pyridine rings is 1. The number of aromatic carboxylic acids is 1. The molecule has 1 aromatic heterocycles. The summed E-state index contributed by atoms with van der Waals surface area (Å²) in [6.45, 7) is 0.878. The summed E-state index contributed by atoms with van der Waals surface area (Å²) in [4.78, 5) is 22.9. The molecule has 2 bridgehead atoms. The molecule has 0 radical (unpaired) electrons. The van der Waals surface area contributed by atoms with Crippen LogP contribution in [0.5, 0.6) is 0 Å². The number of hydrogen-bond acceptors (Lipinski definition) is 4. The Hall–Kier alpha value is -2.52. The highest BCUT2D eigenvalue weighted by molar-refractivity contribution is 7.89. The van der Waals surface area contributed by atoms with Gasteiger partial charge in [0.15, 0.2) is 0 Å². The fraction of sp³-hybridized carbons (Fsp3) is 0.333. The van der Waals surface area contributed by atoms with Crippen LogP contribution in [-0.2, 0) is 16.6 Å². The van der Waals surface area contributed by atoms with Crippen LogP contribution in [0.3, 0.4) is 0 Å². The highest BCUT2D eigenvalue weighted by Gasteiger charge is 2.39. The Morgan fingerprint density at radius 3 is 2.67 bits per heavy atom. The summed E-state index contributed by atoms with van der Waals surface area (Å²) in [6.07, 6.45) is 0.791. The standard InChI is InChI=1S/C18H17FN2O5S/c19-15-5-4-13(7-14(15)18(23)24)27(25,26)20-8-11-6-12(10-20)16-2-1-3-17(22)21(16)9-11/h1-5,7,11-12H,6,8-10H2,(H,23,24)/t11-,12+/m1/s1. The molecule has 142 valence electrons. The van der Waals surface area contributed by atoms with Gasteiger partial charge in [-0.25, -0.2) is 17.6 Å². The Bertz CT molecular complexity index is 1100. The number of carboxylic acids is 1. The topological polar surface area (TPSA) is 96.7 Å². The lowest BCUT2D eigenvalue weighted by atomic mass is 9.84. The Balaban J connectivity index is 1.70. The number of piperidine rings is 1. The van der Waals surface area contributed by atoms with E-state index >= 15 is 0 Å². The van der Waals surface area contributed by atoms with Gasteiger partial charge in [-0.1, -0.05) is 6.07 Å². The van der Waals surface area contributed by atoms with Crippen molar-refractivity contribution >= 4 is 16.0 Å². The highest BCUT2D eigenvalue weighted by atomic mass is 32.2. The zero-order valence-corrected chi connectivity index (χ0v) is 15.0. The van der Waals surface area contributed by atoms with Crippen molar-refractivity contribution in [2.75, 3.05) is 13.1 Å². The molecule has 1 aromatic carbocycles. The number of hydrogen-bond donors (Lipinski definition) is 1. The van der Waals surface area contributed by atoms with Gasteiger partial charge >= 0.3 is 5.97 Å². The number of benzene rings is 1. The molecule has 9 heteroatoms. The average Bonchev–Trinajstić information content (AvgIpc) is 2.62. The zero-order valence-electron chi connectivity index (χ0n) is 14.2. The molecular formula is C18H17FN2O5S. The zero-order chi connectivity index (χ0) is 19.3. The third-order valence-corrected chi connectivity index (χ3v) is 7.08. The van der Waals surface area contributed by atoms with Crippen molar-refractivity contribution in [2.45, 2.75) is 23.8 Å². The van der Waals surface area contributed by atoms with Gasteiger partial charge in [-0.05, 0) is 36.6 Å². The first kappa shape index (κ1) is 17.9. The summed E-state index contributed by atoms with van der Waals surface area (Å²) < 4.78 is 42.7. The lowest BCUT2D eigenvalue weighted by Crippen LogP contribution is -2.49. The number of halogens is 1. The van der Waals surface area contributed by atoms with Gasteiger partial charge in [0.05, 0.1) is 10.5 Å². The Morgan fingerprint density at radius 1 is 1.15 bits per heavy atom. The lowest BCUT2D eigenvalue weighted by molar-refractivity contribution is 0.0691. The molecule has 2 aliphatic rings. The predicted octanol–water partition coefficient (Wildman–Crippen LogP) is 1.49.